The van der Waals surface area contributed by atoms with Crippen LogP contribution >= 0.6 is 15.9 Å². The summed E-state index contributed by atoms with van der Waals surface area (Å²) in [5.74, 6) is 2.91. The quantitative estimate of drug-likeness (QED) is 0.243. The average Bonchev–Trinajstić information content (AvgIpc) is 2.91. The lowest BCUT2D eigenvalue weighted by Gasteiger charge is -2.38. The number of rotatable bonds is 11. The van der Waals surface area contributed by atoms with Gasteiger partial charge in [-0.25, -0.2) is 0 Å². The molecular weight excluding hydrogens is 546 g/mol. The molecule has 0 saturated carbocycles. The van der Waals surface area contributed by atoms with E-state index in [0.717, 1.165) is 39.3 Å². The zero-order valence-corrected chi connectivity index (χ0v) is 24.2. The van der Waals surface area contributed by atoms with Gasteiger partial charge in [-0.1, -0.05) is 22.0 Å². The third kappa shape index (κ3) is 6.26. The molecule has 1 amide bonds. The number of carbonyl (C=O) groups excluding carboxylic acids is 1. The number of hydrogen-bond acceptors (Lipinski definition) is 5. The van der Waals surface area contributed by atoms with Crippen LogP contribution in [0.4, 0.5) is 0 Å². The second-order valence-corrected chi connectivity index (χ2v) is 9.90. The SMILES string of the molecule is CCOc1ccc(CC2c3cc(OCC)c(OCC)cc3CCN2C(=O)c2ccc(Br)cc2)cc1OCC. The minimum atomic E-state index is -0.183. The molecule has 3 aromatic rings. The zero-order valence-electron chi connectivity index (χ0n) is 22.6. The normalized spacial score (nSPS) is 14.6. The Kier molecular flexibility index (Phi) is 9.56. The van der Waals surface area contributed by atoms with Gasteiger partial charge in [-0.15, -0.1) is 0 Å². The van der Waals surface area contributed by atoms with Crippen molar-refractivity contribution in [3.05, 3.63) is 81.3 Å². The van der Waals surface area contributed by atoms with Gasteiger partial charge in [0.05, 0.1) is 32.5 Å². The number of benzene rings is 3. The van der Waals surface area contributed by atoms with Gasteiger partial charge in [-0.05, 0) is 106 Å². The molecule has 0 spiro atoms. The number of carbonyl (C=O) groups is 1. The molecule has 1 unspecified atom stereocenters. The van der Waals surface area contributed by atoms with Crippen LogP contribution in [0.1, 0.15) is 60.8 Å². The molecule has 0 bridgehead atoms. The van der Waals surface area contributed by atoms with Crippen LogP contribution in [-0.2, 0) is 12.8 Å². The van der Waals surface area contributed by atoms with E-state index in [4.69, 9.17) is 18.9 Å². The van der Waals surface area contributed by atoms with Crippen molar-refractivity contribution in [3.63, 3.8) is 0 Å². The Balaban J connectivity index is 1.77. The van der Waals surface area contributed by atoms with E-state index >= 15 is 0 Å². The number of hydrogen-bond donors (Lipinski definition) is 0. The Morgan fingerprint density at radius 3 is 2.00 bits per heavy atom. The highest BCUT2D eigenvalue weighted by Gasteiger charge is 2.33. The van der Waals surface area contributed by atoms with Gasteiger partial charge in [-0.2, -0.15) is 0 Å². The van der Waals surface area contributed by atoms with Gasteiger partial charge in [0.15, 0.2) is 23.0 Å². The molecule has 7 heteroatoms. The van der Waals surface area contributed by atoms with Gasteiger partial charge in [0.25, 0.3) is 5.91 Å². The first-order chi connectivity index (χ1) is 18.5. The van der Waals surface area contributed by atoms with Gasteiger partial charge in [0.2, 0.25) is 0 Å². The van der Waals surface area contributed by atoms with Gasteiger partial charge in [0.1, 0.15) is 0 Å². The molecule has 1 atom stereocenters. The van der Waals surface area contributed by atoms with E-state index in [2.05, 4.69) is 34.1 Å². The number of ether oxygens (including phenoxy) is 4. The molecule has 1 aliphatic rings. The minimum absolute atomic E-state index is 0.0102. The first kappa shape index (κ1) is 27.8. The van der Waals surface area contributed by atoms with Crippen molar-refractivity contribution in [3.8, 4) is 23.0 Å². The van der Waals surface area contributed by atoms with E-state index in [-0.39, 0.29) is 11.9 Å². The zero-order chi connectivity index (χ0) is 27.1. The molecule has 1 aliphatic heterocycles. The number of amides is 1. The average molecular weight is 583 g/mol. The molecule has 0 saturated heterocycles. The van der Waals surface area contributed by atoms with Crippen LogP contribution in [0.2, 0.25) is 0 Å². The van der Waals surface area contributed by atoms with Gasteiger partial charge in [-0.3, -0.25) is 4.79 Å². The molecule has 38 heavy (non-hydrogen) atoms. The van der Waals surface area contributed by atoms with Crippen molar-refractivity contribution >= 4 is 21.8 Å². The Bertz CT molecular complexity index is 1240. The summed E-state index contributed by atoms with van der Waals surface area (Å²) in [6.45, 7) is 10.7. The lowest BCUT2D eigenvalue weighted by atomic mass is 9.87. The van der Waals surface area contributed by atoms with Crippen LogP contribution in [0.25, 0.3) is 0 Å². The molecule has 1 heterocycles. The first-order valence-corrected chi connectivity index (χ1v) is 14.2. The number of nitrogens with zero attached hydrogens (tertiary/aromatic N) is 1. The summed E-state index contributed by atoms with van der Waals surface area (Å²) in [5, 5.41) is 0. The summed E-state index contributed by atoms with van der Waals surface area (Å²) < 4.78 is 24.5. The van der Waals surface area contributed by atoms with Crippen LogP contribution in [0, 0.1) is 0 Å². The molecule has 3 aromatic carbocycles. The van der Waals surface area contributed by atoms with E-state index in [9.17, 15) is 4.79 Å². The minimum Gasteiger partial charge on any atom is -0.490 e. The Labute approximate surface area is 234 Å². The highest BCUT2D eigenvalue weighted by atomic mass is 79.9. The van der Waals surface area contributed by atoms with Crippen LogP contribution in [-0.4, -0.2) is 43.8 Å². The summed E-state index contributed by atoms with van der Waals surface area (Å²) in [6, 6.07) is 17.6. The van der Waals surface area contributed by atoms with E-state index in [1.165, 1.54) is 5.56 Å². The molecule has 202 valence electrons. The summed E-state index contributed by atoms with van der Waals surface area (Å²) in [7, 11) is 0. The number of halogens is 1. The molecular formula is C31H36BrNO5. The van der Waals surface area contributed by atoms with E-state index in [1.807, 2.05) is 69.0 Å². The van der Waals surface area contributed by atoms with Crippen molar-refractivity contribution in [2.75, 3.05) is 33.0 Å². The molecule has 0 aliphatic carbocycles. The summed E-state index contributed by atoms with van der Waals surface area (Å²) in [4.78, 5) is 15.8. The van der Waals surface area contributed by atoms with Crippen molar-refractivity contribution in [1.82, 2.24) is 4.90 Å². The van der Waals surface area contributed by atoms with Crippen LogP contribution in [0.3, 0.4) is 0 Å². The van der Waals surface area contributed by atoms with E-state index in [1.54, 1.807) is 0 Å². The van der Waals surface area contributed by atoms with Gasteiger partial charge in [0, 0.05) is 16.6 Å². The maximum atomic E-state index is 13.8. The summed E-state index contributed by atoms with van der Waals surface area (Å²) in [5.41, 5.74) is 3.99. The molecule has 0 aromatic heterocycles. The van der Waals surface area contributed by atoms with Crippen LogP contribution < -0.4 is 18.9 Å². The molecule has 0 radical (unpaired) electrons. The Hall–Kier alpha value is -3.19. The largest absolute Gasteiger partial charge is 0.490 e. The third-order valence-electron chi connectivity index (χ3n) is 6.55. The smallest absolute Gasteiger partial charge is 0.254 e. The van der Waals surface area contributed by atoms with Gasteiger partial charge >= 0.3 is 0 Å². The Morgan fingerprint density at radius 1 is 0.789 bits per heavy atom. The predicted molar refractivity (Wildman–Crippen MR) is 153 cm³/mol. The van der Waals surface area contributed by atoms with Crippen molar-refractivity contribution in [2.24, 2.45) is 0 Å². The highest BCUT2D eigenvalue weighted by molar-refractivity contribution is 9.10. The first-order valence-electron chi connectivity index (χ1n) is 13.4. The lowest BCUT2D eigenvalue weighted by molar-refractivity contribution is 0.0659. The van der Waals surface area contributed by atoms with Crippen molar-refractivity contribution in [1.29, 1.82) is 0 Å². The maximum Gasteiger partial charge on any atom is 0.254 e. The standard InChI is InChI=1S/C31H36BrNO5/c1-5-35-27-14-9-21(18-28(27)36-6-2)17-26-25-20-30(38-8-4)29(37-7-3)19-23(25)15-16-33(26)31(34)22-10-12-24(32)13-11-22/h9-14,18-20,26H,5-8,15-17H2,1-4H3. The fourth-order valence-corrected chi connectivity index (χ4v) is 5.18. The lowest BCUT2D eigenvalue weighted by Crippen LogP contribution is -2.41. The fraction of sp³-hybridized carbons (Fsp3) is 0.387. The molecule has 6 nitrogen and oxygen atoms in total. The van der Waals surface area contributed by atoms with E-state index < -0.39 is 0 Å². The highest BCUT2D eigenvalue weighted by Crippen LogP contribution is 2.41. The van der Waals surface area contributed by atoms with Crippen LogP contribution in [0.15, 0.2) is 59.1 Å². The molecule has 4 rings (SSSR count). The summed E-state index contributed by atoms with van der Waals surface area (Å²) in [6.07, 6.45) is 1.37. The second-order valence-electron chi connectivity index (χ2n) is 8.99. The number of fused-ring (bicyclic) bond motifs is 1. The molecule has 0 N–H and O–H groups in total. The summed E-state index contributed by atoms with van der Waals surface area (Å²) >= 11 is 3.47. The van der Waals surface area contributed by atoms with Gasteiger partial charge < -0.3 is 23.8 Å². The molecule has 0 fully saturated rings. The van der Waals surface area contributed by atoms with Crippen molar-refractivity contribution < 1.29 is 23.7 Å². The maximum absolute atomic E-state index is 13.8. The predicted octanol–water partition coefficient (Wildman–Crippen LogP) is 7.03. The second kappa shape index (κ2) is 13.1. The van der Waals surface area contributed by atoms with Crippen LogP contribution in [0.5, 0.6) is 23.0 Å². The Morgan fingerprint density at radius 2 is 1.37 bits per heavy atom. The third-order valence-corrected chi connectivity index (χ3v) is 7.08. The van der Waals surface area contributed by atoms with E-state index in [0.29, 0.717) is 50.7 Å². The fourth-order valence-electron chi connectivity index (χ4n) is 4.91. The monoisotopic (exact) mass is 581 g/mol. The van der Waals surface area contributed by atoms with Crippen molar-refractivity contribution in [2.45, 2.75) is 46.6 Å². The topological polar surface area (TPSA) is 57.2 Å².